The largest absolute Gasteiger partial charge is 0.508 e. The second kappa shape index (κ2) is 5.48. The van der Waals surface area contributed by atoms with E-state index in [0.29, 0.717) is 5.75 Å². The summed E-state index contributed by atoms with van der Waals surface area (Å²) in [5, 5.41) is 10.3. The maximum atomic E-state index is 9.52. The van der Waals surface area contributed by atoms with Crippen molar-refractivity contribution in [3.05, 3.63) is 53.1 Å². The molecule has 2 aromatic carbocycles. The molecule has 0 amide bonds. The molecular weight excluding hydrogens is 252 g/mol. The van der Waals surface area contributed by atoms with Gasteiger partial charge in [-0.1, -0.05) is 29.8 Å². The second-order valence-corrected chi connectivity index (χ2v) is 5.08. The lowest BCUT2D eigenvalue weighted by Gasteiger charge is -2.09. The van der Waals surface area contributed by atoms with E-state index in [4.69, 9.17) is 11.6 Å². The Morgan fingerprint density at radius 1 is 1.12 bits per heavy atom. The summed E-state index contributed by atoms with van der Waals surface area (Å²) < 4.78 is 0. The van der Waals surface area contributed by atoms with Crippen molar-refractivity contribution in [2.45, 2.75) is 5.75 Å². The Morgan fingerprint density at radius 2 is 1.82 bits per heavy atom. The predicted octanol–water partition coefficient (Wildman–Crippen LogP) is 4.58. The van der Waals surface area contributed by atoms with E-state index >= 15 is 0 Å². The highest BCUT2D eigenvalue weighted by Crippen LogP contribution is 2.30. The predicted molar refractivity (Wildman–Crippen MR) is 75.8 cm³/mol. The molecule has 1 N–H and O–H groups in total. The van der Waals surface area contributed by atoms with Crippen molar-refractivity contribution in [2.75, 3.05) is 6.26 Å². The Hall–Kier alpha value is -1.12. The molecule has 88 valence electrons. The van der Waals surface area contributed by atoms with Gasteiger partial charge in [-0.3, -0.25) is 0 Å². The molecule has 0 aliphatic rings. The van der Waals surface area contributed by atoms with E-state index < -0.39 is 0 Å². The molecule has 0 spiro atoms. The van der Waals surface area contributed by atoms with Crippen LogP contribution in [0.4, 0.5) is 0 Å². The molecule has 0 unspecified atom stereocenters. The van der Waals surface area contributed by atoms with Crippen LogP contribution in [0.1, 0.15) is 5.56 Å². The molecule has 0 aliphatic carbocycles. The van der Waals surface area contributed by atoms with Gasteiger partial charge in [0.1, 0.15) is 5.75 Å². The summed E-state index contributed by atoms with van der Waals surface area (Å²) in [4.78, 5) is 0. The normalized spacial score (nSPS) is 10.5. The van der Waals surface area contributed by atoms with Gasteiger partial charge < -0.3 is 5.11 Å². The smallest absolute Gasteiger partial charge is 0.115 e. The second-order valence-electron chi connectivity index (χ2n) is 3.78. The molecule has 1 nitrogen and oxygen atoms in total. The number of rotatable bonds is 3. The zero-order valence-electron chi connectivity index (χ0n) is 9.48. The van der Waals surface area contributed by atoms with Crippen molar-refractivity contribution in [1.82, 2.24) is 0 Å². The molecule has 0 bridgehead atoms. The number of benzene rings is 2. The third kappa shape index (κ3) is 2.96. The summed E-state index contributed by atoms with van der Waals surface area (Å²) in [5.74, 6) is 1.19. The van der Waals surface area contributed by atoms with Gasteiger partial charge in [-0.25, -0.2) is 0 Å². The highest BCUT2D eigenvalue weighted by molar-refractivity contribution is 7.97. The summed E-state index contributed by atoms with van der Waals surface area (Å²) >= 11 is 7.62. The van der Waals surface area contributed by atoms with Crippen LogP contribution in [0.3, 0.4) is 0 Å². The van der Waals surface area contributed by atoms with Crippen molar-refractivity contribution in [3.63, 3.8) is 0 Å². The van der Waals surface area contributed by atoms with Gasteiger partial charge in [0.25, 0.3) is 0 Å². The van der Waals surface area contributed by atoms with Crippen molar-refractivity contribution < 1.29 is 5.11 Å². The van der Waals surface area contributed by atoms with Crippen molar-refractivity contribution in [3.8, 4) is 16.9 Å². The van der Waals surface area contributed by atoms with Gasteiger partial charge in [0.2, 0.25) is 0 Å². The number of halogens is 1. The minimum atomic E-state index is 0.312. The molecule has 0 aliphatic heterocycles. The average molecular weight is 265 g/mol. The van der Waals surface area contributed by atoms with Crippen molar-refractivity contribution >= 4 is 23.4 Å². The SMILES string of the molecule is CSCc1cc(O)ccc1-c1ccc(Cl)cc1. The van der Waals surface area contributed by atoms with Gasteiger partial charge in [0.15, 0.2) is 0 Å². The van der Waals surface area contributed by atoms with E-state index in [1.807, 2.05) is 36.4 Å². The first-order valence-electron chi connectivity index (χ1n) is 5.27. The van der Waals surface area contributed by atoms with E-state index in [-0.39, 0.29) is 0 Å². The molecule has 0 fully saturated rings. The lowest BCUT2D eigenvalue weighted by atomic mass is 10.0. The molecule has 0 saturated heterocycles. The lowest BCUT2D eigenvalue weighted by molar-refractivity contribution is 0.475. The standard InChI is InChI=1S/C14H13ClOS/c1-17-9-11-8-13(16)6-7-14(11)10-2-4-12(15)5-3-10/h2-8,16H,9H2,1H3. The number of thioether (sulfide) groups is 1. The number of phenols is 1. The lowest BCUT2D eigenvalue weighted by Crippen LogP contribution is -1.87. The van der Waals surface area contributed by atoms with E-state index in [2.05, 4.69) is 6.26 Å². The van der Waals surface area contributed by atoms with E-state index in [0.717, 1.165) is 27.5 Å². The van der Waals surface area contributed by atoms with Gasteiger partial charge in [0.05, 0.1) is 0 Å². The summed E-state index contributed by atoms with van der Waals surface area (Å²) in [6.45, 7) is 0. The monoisotopic (exact) mass is 264 g/mol. The van der Waals surface area contributed by atoms with Crippen LogP contribution in [0.15, 0.2) is 42.5 Å². The fourth-order valence-corrected chi connectivity index (χ4v) is 2.44. The summed E-state index contributed by atoms with van der Waals surface area (Å²) in [5.41, 5.74) is 3.41. The van der Waals surface area contributed by atoms with E-state index in [1.54, 1.807) is 17.8 Å². The van der Waals surface area contributed by atoms with Gasteiger partial charge in [0, 0.05) is 10.8 Å². The quantitative estimate of drug-likeness (QED) is 0.876. The Balaban J connectivity index is 2.46. The maximum Gasteiger partial charge on any atom is 0.115 e. The van der Waals surface area contributed by atoms with Crippen LogP contribution >= 0.6 is 23.4 Å². The van der Waals surface area contributed by atoms with Gasteiger partial charge >= 0.3 is 0 Å². The fourth-order valence-electron chi connectivity index (χ4n) is 1.77. The third-order valence-electron chi connectivity index (χ3n) is 2.54. The Bertz CT molecular complexity index is 508. The zero-order chi connectivity index (χ0) is 12.3. The van der Waals surface area contributed by atoms with Crippen LogP contribution in [0, 0.1) is 0 Å². The van der Waals surface area contributed by atoms with Gasteiger partial charge in [-0.05, 0) is 47.2 Å². The van der Waals surface area contributed by atoms with E-state index in [9.17, 15) is 5.11 Å². The third-order valence-corrected chi connectivity index (χ3v) is 3.40. The summed E-state index contributed by atoms with van der Waals surface area (Å²) in [6, 6.07) is 13.2. The van der Waals surface area contributed by atoms with Gasteiger partial charge in [-0.2, -0.15) is 11.8 Å². The molecular formula is C14H13ClOS. The number of phenolic OH excluding ortho intramolecular Hbond substituents is 1. The minimum Gasteiger partial charge on any atom is -0.508 e. The molecule has 0 saturated carbocycles. The topological polar surface area (TPSA) is 20.2 Å². The Kier molecular flexibility index (Phi) is 3.97. The molecule has 2 aromatic rings. The molecule has 0 heterocycles. The molecule has 17 heavy (non-hydrogen) atoms. The van der Waals surface area contributed by atoms with Crippen molar-refractivity contribution in [1.29, 1.82) is 0 Å². The first-order valence-corrected chi connectivity index (χ1v) is 7.04. The van der Waals surface area contributed by atoms with E-state index in [1.165, 1.54) is 0 Å². The molecule has 0 radical (unpaired) electrons. The minimum absolute atomic E-state index is 0.312. The van der Waals surface area contributed by atoms with Crippen LogP contribution < -0.4 is 0 Å². The average Bonchev–Trinajstić information content (AvgIpc) is 2.31. The molecule has 2 rings (SSSR count). The highest BCUT2D eigenvalue weighted by atomic mass is 35.5. The van der Waals surface area contributed by atoms with Crippen molar-refractivity contribution in [2.24, 2.45) is 0 Å². The first kappa shape index (κ1) is 12.3. The number of hydrogen-bond acceptors (Lipinski definition) is 2. The van der Waals surface area contributed by atoms with Crippen LogP contribution in [0.2, 0.25) is 5.02 Å². The Morgan fingerprint density at radius 3 is 2.47 bits per heavy atom. The fraction of sp³-hybridized carbons (Fsp3) is 0.143. The number of aromatic hydroxyl groups is 1. The molecule has 3 heteroatoms. The highest BCUT2D eigenvalue weighted by Gasteiger charge is 2.05. The maximum absolute atomic E-state index is 9.52. The Labute approximate surface area is 110 Å². The summed E-state index contributed by atoms with van der Waals surface area (Å²) in [7, 11) is 0. The first-order chi connectivity index (χ1) is 8.20. The van der Waals surface area contributed by atoms with Crippen LogP contribution in [0.5, 0.6) is 5.75 Å². The molecule has 0 atom stereocenters. The number of hydrogen-bond donors (Lipinski definition) is 1. The van der Waals surface area contributed by atoms with Crippen LogP contribution in [-0.2, 0) is 5.75 Å². The van der Waals surface area contributed by atoms with Crippen LogP contribution in [0.25, 0.3) is 11.1 Å². The van der Waals surface area contributed by atoms with Gasteiger partial charge in [-0.15, -0.1) is 0 Å². The molecule has 0 aromatic heterocycles. The van der Waals surface area contributed by atoms with Crippen LogP contribution in [-0.4, -0.2) is 11.4 Å². The summed E-state index contributed by atoms with van der Waals surface area (Å²) in [6.07, 6.45) is 2.05. The zero-order valence-corrected chi connectivity index (χ0v) is 11.1.